The van der Waals surface area contributed by atoms with Crippen molar-refractivity contribution in [3.63, 3.8) is 0 Å². The second-order valence-corrected chi connectivity index (χ2v) is 13.2. The number of hydrogen-bond acceptors (Lipinski definition) is 4. The highest BCUT2D eigenvalue weighted by atomic mass is 33.2. The Bertz CT molecular complexity index is 213. The van der Waals surface area contributed by atoms with Crippen LogP contribution in [-0.2, 0) is 40.8 Å². The average molecular weight is 349 g/mol. The molecule has 0 fully saturated rings. The van der Waals surface area contributed by atoms with Gasteiger partial charge in [0, 0.05) is 6.42 Å². The normalized spacial score (nSPS) is 21.5. The van der Waals surface area contributed by atoms with Gasteiger partial charge >= 0.3 is 0 Å². The third kappa shape index (κ3) is 7.71. The van der Waals surface area contributed by atoms with Crippen LogP contribution in [0.4, 0.5) is 0 Å². The minimum Gasteiger partial charge on any atom is -0.571 e. The lowest BCUT2D eigenvalue weighted by molar-refractivity contribution is 0.570. The fraction of sp³-hybridized carbons (Fsp3) is 1.00. The molecule has 0 aromatic carbocycles. The summed E-state index contributed by atoms with van der Waals surface area (Å²) >= 11 is 0. The first-order valence-corrected chi connectivity index (χ1v) is 12.5. The molecule has 19 heavy (non-hydrogen) atoms. The molecule has 0 heterocycles. The van der Waals surface area contributed by atoms with Crippen molar-refractivity contribution in [1.82, 2.24) is 0 Å². The first-order chi connectivity index (χ1) is 8.84. The van der Waals surface area contributed by atoms with Crippen molar-refractivity contribution >= 4 is 40.8 Å². The minimum absolute atomic E-state index is 0.0828. The monoisotopic (exact) mass is 348 g/mol. The van der Waals surface area contributed by atoms with E-state index < -0.39 is 40.8 Å². The largest absolute Gasteiger partial charge is 0.571 e. The average Bonchev–Trinajstić information content (AvgIpc) is 2.43. The van der Waals surface area contributed by atoms with E-state index >= 15 is 0 Å². The van der Waals surface area contributed by atoms with Crippen LogP contribution in [0.1, 0.15) is 47.0 Å². The third-order valence-corrected chi connectivity index (χ3v) is 11.9. The Morgan fingerprint density at radius 2 is 1.05 bits per heavy atom. The van der Waals surface area contributed by atoms with Crippen LogP contribution in [0.3, 0.4) is 0 Å². The molecule has 0 spiro atoms. The molecule has 116 valence electrons. The van der Waals surface area contributed by atoms with Crippen LogP contribution in [0, 0.1) is 0 Å². The summed E-state index contributed by atoms with van der Waals surface area (Å²) in [6.07, 6.45) is 1.88. The lowest BCUT2D eigenvalue weighted by Gasteiger charge is -2.18. The maximum atomic E-state index is 11.7. The summed E-state index contributed by atoms with van der Waals surface area (Å²) in [5.41, 5.74) is 0. The molecule has 0 N–H and O–H groups in total. The smallest absolute Gasteiger partial charge is 0.173 e. The first-order valence-electron chi connectivity index (χ1n) is 6.43. The van der Waals surface area contributed by atoms with Crippen LogP contribution < -0.4 is 0 Å². The zero-order chi connectivity index (χ0) is 15.0. The van der Waals surface area contributed by atoms with Crippen LogP contribution >= 0.6 is 0 Å². The first kappa shape index (κ1) is 20.2. The quantitative estimate of drug-likeness (QED) is 0.444. The van der Waals surface area contributed by atoms with E-state index in [0.717, 1.165) is 12.8 Å². The molecule has 6 unspecified atom stereocenters. The summed E-state index contributed by atoms with van der Waals surface area (Å²) < 4.78 is 46.9. The Balaban J connectivity index is 3.96. The summed E-state index contributed by atoms with van der Waals surface area (Å²) in [5.74, 6) is 0.529. The van der Waals surface area contributed by atoms with Gasteiger partial charge < -0.3 is 18.2 Å². The van der Waals surface area contributed by atoms with Gasteiger partial charge in [-0.2, -0.15) is 0 Å². The Labute approximate surface area is 128 Å². The van der Waals surface area contributed by atoms with Crippen LogP contribution in [0.15, 0.2) is 0 Å². The zero-order valence-electron chi connectivity index (χ0n) is 12.0. The van der Waals surface area contributed by atoms with E-state index in [1.807, 2.05) is 27.7 Å². The molecule has 6 atom stereocenters. The van der Waals surface area contributed by atoms with Gasteiger partial charge in [0.2, 0.25) is 0 Å². The van der Waals surface area contributed by atoms with E-state index in [4.69, 9.17) is 0 Å². The maximum Gasteiger partial charge on any atom is 0.173 e. The highest BCUT2D eigenvalue weighted by molar-refractivity contribution is 8.67. The predicted molar refractivity (Wildman–Crippen MR) is 86.4 cm³/mol. The molecule has 0 aromatic rings. The van der Waals surface area contributed by atoms with Crippen molar-refractivity contribution in [2.24, 2.45) is 0 Å². The Hall–Kier alpha value is 1.24. The van der Waals surface area contributed by atoms with Gasteiger partial charge in [-0.15, -0.1) is 0 Å². The number of rotatable bonds is 10. The van der Waals surface area contributed by atoms with Crippen LogP contribution in [0.2, 0.25) is 0 Å². The van der Waals surface area contributed by atoms with E-state index in [9.17, 15) is 18.2 Å². The molecule has 0 aliphatic carbocycles. The second-order valence-electron chi connectivity index (χ2n) is 4.33. The second kappa shape index (κ2) is 10.9. The van der Waals surface area contributed by atoms with Gasteiger partial charge in [0.15, 0.2) is 62.8 Å². The highest BCUT2D eigenvalue weighted by Crippen LogP contribution is 2.18. The van der Waals surface area contributed by atoms with Crippen molar-refractivity contribution in [3.05, 3.63) is 0 Å². The molecule has 0 aliphatic heterocycles. The van der Waals surface area contributed by atoms with Gasteiger partial charge in [0.25, 0.3) is 0 Å². The lowest BCUT2D eigenvalue weighted by atomic mass is 10.4. The Morgan fingerprint density at radius 1 is 0.737 bits per heavy atom. The summed E-state index contributed by atoms with van der Waals surface area (Å²) in [6, 6.07) is 0. The van der Waals surface area contributed by atoms with Crippen LogP contribution in [0.25, 0.3) is 0 Å². The predicted octanol–water partition coefficient (Wildman–Crippen LogP) is 1.80. The Morgan fingerprint density at radius 3 is 1.32 bits per heavy atom. The fourth-order valence-corrected chi connectivity index (χ4v) is 8.35. The topological polar surface area (TPSA) is 92.2 Å². The van der Waals surface area contributed by atoms with E-state index in [2.05, 4.69) is 0 Å². The molecule has 0 aromatic heterocycles. The van der Waals surface area contributed by atoms with E-state index in [-0.39, 0.29) is 22.0 Å². The van der Waals surface area contributed by atoms with Gasteiger partial charge in [-0.1, -0.05) is 13.8 Å². The third-order valence-electron chi connectivity index (χ3n) is 2.80. The van der Waals surface area contributed by atoms with Crippen molar-refractivity contribution in [3.8, 4) is 0 Å². The van der Waals surface area contributed by atoms with Crippen LogP contribution in [0.5, 0.6) is 0 Å². The van der Waals surface area contributed by atoms with Gasteiger partial charge in [0.1, 0.15) is 0 Å². The molecule has 8 heteroatoms. The molecule has 0 saturated heterocycles. The van der Waals surface area contributed by atoms with Gasteiger partial charge in [-0.25, -0.2) is 0 Å². The molecule has 0 rings (SSSR count). The Kier molecular flexibility index (Phi) is 11.6. The van der Waals surface area contributed by atoms with Crippen molar-refractivity contribution in [2.75, 3.05) is 11.5 Å². The highest BCUT2D eigenvalue weighted by Gasteiger charge is 2.33. The van der Waals surface area contributed by atoms with Gasteiger partial charge in [0.05, 0.1) is 0 Å². The van der Waals surface area contributed by atoms with Gasteiger partial charge in [-0.3, -0.25) is 0 Å². The van der Waals surface area contributed by atoms with Crippen molar-refractivity contribution in [1.29, 1.82) is 0 Å². The van der Waals surface area contributed by atoms with E-state index in [1.165, 1.54) is 0 Å². The summed E-state index contributed by atoms with van der Waals surface area (Å²) in [6.45, 7) is 7.43. The standard InChI is InChI=1S/C11H24O4S4/c1-5-10(3)18(14)16(12)8-7-9-17(13)19(15)11(4)6-2/h10-11H,5-9H2,1-4H3. The molecule has 4 nitrogen and oxygen atoms in total. The minimum atomic E-state index is -1.40. The van der Waals surface area contributed by atoms with Crippen molar-refractivity contribution in [2.45, 2.75) is 57.5 Å². The van der Waals surface area contributed by atoms with Crippen LogP contribution in [-0.4, -0.2) is 40.2 Å². The van der Waals surface area contributed by atoms with E-state index in [1.54, 1.807) is 0 Å². The molecule has 0 amide bonds. The lowest BCUT2D eigenvalue weighted by Crippen LogP contribution is -2.31. The SMILES string of the molecule is CCC(C)[S+]([O-])[S+]([O-])CCC[S+]([O-])[S+]([O-])C(C)CC. The molecular weight excluding hydrogens is 324 g/mol. The molecular formula is C11H24O4S4. The fourth-order valence-electron chi connectivity index (χ4n) is 1.10. The zero-order valence-corrected chi connectivity index (χ0v) is 15.2. The maximum absolute atomic E-state index is 11.7. The molecule has 0 saturated carbocycles. The summed E-state index contributed by atoms with van der Waals surface area (Å²) in [7, 11) is -5.49. The van der Waals surface area contributed by atoms with Gasteiger partial charge in [-0.05, 0) is 26.7 Å². The van der Waals surface area contributed by atoms with Crippen molar-refractivity contribution < 1.29 is 18.2 Å². The molecule has 0 radical (unpaired) electrons. The summed E-state index contributed by atoms with van der Waals surface area (Å²) in [4.78, 5) is 0. The summed E-state index contributed by atoms with van der Waals surface area (Å²) in [5, 5.41) is -0.166. The number of hydrogen-bond donors (Lipinski definition) is 0. The molecule has 0 aliphatic rings. The molecule has 0 bridgehead atoms. The van der Waals surface area contributed by atoms with E-state index in [0.29, 0.717) is 6.42 Å².